The molecule has 2 N–H and O–H groups in total. The highest BCUT2D eigenvalue weighted by atomic mass is 19.3. The lowest BCUT2D eigenvalue weighted by atomic mass is 9.81. The lowest BCUT2D eigenvalue weighted by molar-refractivity contribution is -0.149. The molecule has 2 atom stereocenters. The summed E-state index contributed by atoms with van der Waals surface area (Å²) in [6.07, 6.45) is 2.34. The number of carboxylic acid groups (broad SMARTS) is 1. The Morgan fingerprint density at radius 1 is 1.36 bits per heavy atom. The molecule has 1 aliphatic carbocycles. The fourth-order valence-electron chi connectivity index (χ4n) is 3.87. The van der Waals surface area contributed by atoms with E-state index in [1.54, 1.807) is 17.0 Å². The van der Waals surface area contributed by atoms with Gasteiger partial charge in [-0.15, -0.1) is 0 Å². The van der Waals surface area contributed by atoms with E-state index in [1.807, 2.05) is 0 Å². The number of ether oxygens (including phenoxy) is 1. The number of fused-ring (bicyclic) bond motifs is 1. The maximum Gasteiger partial charge on any atom is 0.387 e. The molecule has 2 amide bonds. The number of urea groups is 1. The lowest BCUT2D eigenvalue weighted by Crippen LogP contribution is -2.41. The number of amides is 2. The Hall–Kier alpha value is -2.38. The van der Waals surface area contributed by atoms with Crippen molar-refractivity contribution in [2.24, 2.45) is 11.3 Å². The normalized spacial score (nSPS) is 25.1. The van der Waals surface area contributed by atoms with Crippen molar-refractivity contribution < 1.29 is 28.2 Å². The molecule has 1 aromatic carbocycles. The van der Waals surface area contributed by atoms with E-state index >= 15 is 0 Å². The van der Waals surface area contributed by atoms with Gasteiger partial charge in [0.25, 0.3) is 0 Å². The molecule has 3 rings (SSSR count). The molecule has 0 bridgehead atoms. The number of hydrogen-bond donors (Lipinski definition) is 2. The third-order valence-electron chi connectivity index (χ3n) is 5.18. The highest BCUT2D eigenvalue weighted by Crippen LogP contribution is 2.48. The summed E-state index contributed by atoms with van der Waals surface area (Å²) >= 11 is 0. The van der Waals surface area contributed by atoms with Crippen molar-refractivity contribution in [2.75, 3.05) is 13.1 Å². The first kappa shape index (κ1) is 17.4. The summed E-state index contributed by atoms with van der Waals surface area (Å²) in [5.74, 6) is -0.748. The first-order valence-electron chi connectivity index (χ1n) is 8.20. The highest BCUT2D eigenvalue weighted by molar-refractivity contribution is 5.80. The van der Waals surface area contributed by atoms with Gasteiger partial charge >= 0.3 is 18.6 Å². The summed E-state index contributed by atoms with van der Waals surface area (Å²) in [5.41, 5.74) is -0.0618. The molecule has 1 aliphatic heterocycles. The van der Waals surface area contributed by atoms with Gasteiger partial charge in [-0.25, -0.2) is 4.79 Å². The number of rotatable bonds is 5. The molecular formula is C17H20F2N2O4. The number of carboxylic acids is 1. The Morgan fingerprint density at radius 2 is 2.08 bits per heavy atom. The van der Waals surface area contributed by atoms with E-state index < -0.39 is 18.0 Å². The highest BCUT2D eigenvalue weighted by Gasteiger charge is 2.55. The average molecular weight is 354 g/mol. The topological polar surface area (TPSA) is 78.9 Å². The number of nitrogens with one attached hydrogen (secondary N) is 1. The van der Waals surface area contributed by atoms with Gasteiger partial charge in [0.2, 0.25) is 0 Å². The predicted octanol–water partition coefficient (Wildman–Crippen LogP) is 2.68. The molecule has 6 nitrogen and oxygen atoms in total. The molecule has 2 aliphatic rings. The standard InChI is InChI=1S/C17H20F2N2O4/c18-15(19)25-13-5-3-11(4-6-13)8-20-16(24)21-9-12-2-1-7-17(12,10-21)14(22)23/h3-6,12,15H,1-2,7-10H2,(H,20,24)(H,22,23)/t12-,17+/m0/s1. The molecule has 0 radical (unpaired) electrons. The van der Waals surface area contributed by atoms with Crippen LogP contribution in [-0.4, -0.2) is 41.7 Å². The molecule has 1 aromatic rings. The van der Waals surface area contributed by atoms with Crippen LogP contribution in [0.3, 0.4) is 0 Å². The van der Waals surface area contributed by atoms with Crippen LogP contribution in [0.2, 0.25) is 0 Å². The van der Waals surface area contributed by atoms with Gasteiger partial charge < -0.3 is 20.1 Å². The van der Waals surface area contributed by atoms with Crippen LogP contribution in [0.15, 0.2) is 24.3 Å². The van der Waals surface area contributed by atoms with Gasteiger partial charge in [-0.1, -0.05) is 18.6 Å². The first-order valence-corrected chi connectivity index (χ1v) is 8.20. The van der Waals surface area contributed by atoms with Gasteiger partial charge in [0, 0.05) is 19.6 Å². The number of carbonyl (C=O) groups is 2. The fourth-order valence-corrected chi connectivity index (χ4v) is 3.87. The van der Waals surface area contributed by atoms with E-state index in [-0.39, 0.29) is 30.8 Å². The summed E-state index contributed by atoms with van der Waals surface area (Å²) in [6, 6.07) is 5.70. The molecule has 1 saturated heterocycles. The number of alkyl halides is 2. The maximum absolute atomic E-state index is 12.3. The second-order valence-corrected chi connectivity index (χ2v) is 6.61. The van der Waals surface area contributed by atoms with Gasteiger partial charge in [0.05, 0.1) is 5.41 Å². The van der Waals surface area contributed by atoms with Crippen molar-refractivity contribution in [3.63, 3.8) is 0 Å². The molecule has 1 heterocycles. The minimum Gasteiger partial charge on any atom is -0.481 e. The van der Waals surface area contributed by atoms with Gasteiger partial charge in [-0.2, -0.15) is 8.78 Å². The molecule has 0 unspecified atom stereocenters. The Morgan fingerprint density at radius 3 is 2.68 bits per heavy atom. The van der Waals surface area contributed by atoms with Crippen molar-refractivity contribution in [3.05, 3.63) is 29.8 Å². The van der Waals surface area contributed by atoms with Crippen LogP contribution in [0, 0.1) is 11.3 Å². The zero-order valence-electron chi connectivity index (χ0n) is 13.6. The van der Waals surface area contributed by atoms with E-state index in [4.69, 9.17) is 0 Å². The van der Waals surface area contributed by atoms with Crippen LogP contribution in [0.4, 0.5) is 13.6 Å². The Bertz CT molecular complexity index is 653. The molecule has 0 aromatic heterocycles. The third-order valence-corrected chi connectivity index (χ3v) is 5.18. The van der Waals surface area contributed by atoms with Gasteiger partial charge in [0.1, 0.15) is 5.75 Å². The summed E-state index contributed by atoms with van der Waals surface area (Å²) in [6.45, 7) is -1.95. The molecule has 25 heavy (non-hydrogen) atoms. The molecule has 1 saturated carbocycles. The Kier molecular flexibility index (Phi) is 4.78. The van der Waals surface area contributed by atoms with Crippen molar-refractivity contribution in [1.82, 2.24) is 10.2 Å². The predicted molar refractivity (Wildman–Crippen MR) is 84.3 cm³/mol. The molecule has 136 valence electrons. The number of aliphatic carboxylic acids is 1. The van der Waals surface area contributed by atoms with E-state index in [2.05, 4.69) is 10.1 Å². The van der Waals surface area contributed by atoms with Gasteiger partial charge in [0.15, 0.2) is 0 Å². The fraction of sp³-hybridized carbons (Fsp3) is 0.529. The van der Waals surface area contributed by atoms with E-state index in [0.717, 1.165) is 18.4 Å². The SMILES string of the molecule is O=C(NCc1ccc(OC(F)F)cc1)N1C[C@@H]2CCC[C@@]2(C(=O)O)C1. The Balaban J connectivity index is 1.54. The zero-order valence-corrected chi connectivity index (χ0v) is 13.6. The van der Waals surface area contributed by atoms with Crippen molar-refractivity contribution >= 4 is 12.0 Å². The second-order valence-electron chi connectivity index (χ2n) is 6.61. The number of carbonyl (C=O) groups excluding carboxylic acids is 1. The summed E-state index contributed by atoms with van der Waals surface area (Å²) in [5, 5.41) is 12.3. The monoisotopic (exact) mass is 354 g/mol. The maximum atomic E-state index is 12.3. The van der Waals surface area contributed by atoms with Crippen LogP contribution in [0.25, 0.3) is 0 Å². The molecule has 0 spiro atoms. The summed E-state index contributed by atoms with van der Waals surface area (Å²) < 4.78 is 28.5. The van der Waals surface area contributed by atoms with Gasteiger partial charge in [-0.05, 0) is 36.5 Å². The van der Waals surface area contributed by atoms with E-state index in [1.165, 1.54) is 12.1 Å². The lowest BCUT2D eigenvalue weighted by Gasteiger charge is -2.23. The van der Waals surface area contributed by atoms with Crippen LogP contribution < -0.4 is 10.1 Å². The largest absolute Gasteiger partial charge is 0.481 e. The number of likely N-dealkylation sites (tertiary alicyclic amines) is 1. The molecule has 2 fully saturated rings. The van der Waals surface area contributed by atoms with Crippen molar-refractivity contribution in [2.45, 2.75) is 32.4 Å². The van der Waals surface area contributed by atoms with Crippen molar-refractivity contribution in [3.8, 4) is 5.75 Å². The van der Waals surface area contributed by atoms with Crippen LogP contribution >= 0.6 is 0 Å². The Labute approximate surface area is 143 Å². The zero-order chi connectivity index (χ0) is 18.0. The average Bonchev–Trinajstić information content (AvgIpc) is 3.11. The number of benzene rings is 1. The number of nitrogens with zero attached hydrogens (tertiary/aromatic N) is 1. The summed E-state index contributed by atoms with van der Waals surface area (Å²) in [7, 11) is 0. The van der Waals surface area contributed by atoms with Crippen LogP contribution in [0.5, 0.6) is 5.75 Å². The third kappa shape index (κ3) is 3.52. The summed E-state index contributed by atoms with van der Waals surface area (Å²) in [4.78, 5) is 25.5. The minimum atomic E-state index is -2.87. The smallest absolute Gasteiger partial charge is 0.387 e. The van der Waals surface area contributed by atoms with Crippen LogP contribution in [0.1, 0.15) is 24.8 Å². The first-order chi connectivity index (χ1) is 11.9. The molecular weight excluding hydrogens is 334 g/mol. The minimum absolute atomic E-state index is 0.0153. The van der Waals surface area contributed by atoms with Crippen molar-refractivity contribution in [1.29, 1.82) is 0 Å². The second kappa shape index (κ2) is 6.85. The van der Waals surface area contributed by atoms with E-state index in [0.29, 0.717) is 13.0 Å². The van der Waals surface area contributed by atoms with Gasteiger partial charge in [-0.3, -0.25) is 4.79 Å². The van der Waals surface area contributed by atoms with E-state index in [9.17, 15) is 23.5 Å². The quantitative estimate of drug-likeness (QED) is 0.852. The number of halogens is 2. The number of hydrogen-bond acceptors (Lipinski definition) is 3. The molecule has 8 heteroatoms. The van der Waals surface area contributed by atoms with Crippen LogP contribution in [-0.2, 0) is 11.3 Å².